The van der Waals surface area contributed by atoms with Crippen LogP contribution in [-0.4, -0.2) is 0 Å². The molecule has 22 heavy (non-hydrogen) atoms. The fraction of sp³-hybridized carbons (Fsp3) is 0.429. The molecule has 1 heteroatoms. The summed E-state index contributed by atoms with van der Waals surface area (Å²) in [6.45, 7) is 4.58. The van der Waals surface area contributed by atoms with Crippen LogP contribution in [0.2, 0.25) is 0 Å². The summed E-state index contributed by atoms with van der Waals surface area (Å²) in [6.07, 6.45) is 4.07. The fourth-order valence-corrected chi connectivity index (χ4v) is 4.42. The second-order valence-electron chi connectivity index (χ2n) is 7.24. The third kappa shape index (κ3) is 2.24. The van der Waals surface area contributed by atoms with E-state index >= 15 is 0 Å². The number of fused-ring (bicyclic) bond motifs is 3. The molecule has 114 valence electrons. The summed E-state index contributed by atoms with van der Waals surface area (Å²) in [5, 5.41) is 3.85. The van der Waals surface area contributed by atoms with Crippen LogP contribution in [0, 0.1) is 5.92 Å². The Morgan fingerprint density at radius 1 is 1.00 bits per heavy atom. The molecule has 0 unspecified atom stereocenters. The van der Waals surface area contributed by atoms with Gasteiger partial charge in [-0.25, -0.2) is 0 Å². The number of nitrogens with one attached hydrogen (secondary N) is 1. The Morgan fingerprint density at radius 3 is 2.59 bits per heavy atom. The maximum atomic E-state index is 3.85. The maximum Gasteiger partial charge on any atom is 0.0547 e. The second-order valence-corrected chi connectivity index (χ2v) is 7.24. The number of hydrogen-bond donors (Lipinski definition) is 1. The molecule has 0 saturated heterocycles. The Balaban J connectivity index is 1.76. The zero-order valence-electron chi connectivity index (χ0n) is 13.5. The summed E-state index contributed by atoms with van der Waals surface area (Å²) < 4.78 is 0. The van der Waals surface area contributed by atoms with Crippen LogP contribution < -0.4 is 5.32 Å². The molecule has 0 spiro atoms. The van der Waals surface area contributed by atoms with Gasteiger partial charge >= 0.3 is 0 Å². The quantitative estimate of drug-likeness (QED) is 0.730. The highest BCUT2D eigenvalue weighted by Crippen LogP contribution is 2.52. The van der Waals surface area contributed by atoms with Crippen molar-refractivity contribution in [2.24, 2.45) is 5.92 Å². The smallest absolute Gasteiger partial charge is 0.0547 e. The zero-order chi connectivity index (χ0) is 15.1. The van der Waals surface area contributed by atoms with Crippen molar-refractivity contribution >= 4 is 5.69 Å². The molecular formula is C21H25N. The van der Waals surface area contributed by atoms with Crippen molar-refractivity contribution in [1.82, 2.24) is 0 Å². The van der Waals surface area contributed by atoms with Gasteiger partial charge in [-0.1, -0.05) is 62.7 Å². The molecule has 4 rings (SSSR count). The van der Waals surface area contributed by atoms with Gasteiger partial charge in [0.25, 0.3) is 0 Å². The van der Waals surface area contributed by atoms with Crippen molar-refractivity contribution < 1.29 is 0 Å². The number of anilines is 1. The van der Waals surface area contributed by atoms with Gasteiger partial charge in [-0.3, -0.25) is 0 Å². The van der Waals surface area contributed by atoms with Gasteiger partial charge < -0.3 is 5.32 Å². The summed E-state index contributed by atoms with van der Waals surface area (Å²) >= 11 is 0. The molecule has 1 heterocycles. The summed E-state index contributed by atoms with van der Waals surface area (Å²) in [6, 6.07) is 18.6. The van der Waals surface area contributed by atoms with Gasteiger partial charge in [0.1, 0.15) is 0 Å². The molecule has 0 radical (unpaired) electrons. The van der Waals surface area contributed by atoms with Gasteiger partial charge in [0.05, 0.1) is 6.04 Å². The molecule has 2 aliphatic rings. The maximum absolute atomic E-state index is 3.85. The van der Waals surface area contributed by atoms with Gasteiger partial charge in [0.2, 0.25) is 0 Å². The highest BCUT2D eigenvalue weighted by molar-refractivity contribution is 5.59. The largest absolute Gasteiger partial charge is 0.378 e. The molecule has 2 aromatic carbocycles. The SMILES string of the molecule is CC(C)c1ccc2c(c1)[C@H]1CCC[C@H]1[C@@H](c1ccccc1)N2. The predicted molar refractivity (Wildman–Crippen MR) is 93.4 cm³/mol. The average molecular weight is 291 g/mol. The third-order valence-corrected chi connectivity index (χ3v) is 5.61. The van der Waals surface area contributed by atoms with E-state index in [1.807, 2.05) is 0 Å². The highest BCUT2D eigenvalue weighted by Gasteiger charge is 2.40. The molecule has 0 amide bonds. The first-order valence-electron chi connectivity index (χ1n) is 8.69. The van der Waals surface area contributed by atoms with Crippen LogP contribution in [0.4, 0.5) is 5.69 Å². The Bertz CT molecular complexity index is 659. The van der Waals surface area contributed by atoms with Gasteiger partial charge in [-0.2, -0.15) is 0 Å². The number of hydrogen-bond acceptors (Lipinski definition) is 1. The Kier molecular flexibility index (Phi) is 3.44. The minimum absolute atomic E-state index is 0.478. The van der Waals surface area contributed by atoms with E-state index in [1.54, 1.807) is 5.56 Å². The average Bonchev–Trinajstić information content (AvgIpc) is 3.04. The van der Waals surface area contributed by atoms with Crippen LogP contribution >= 0.6 is 0 Å². The number of rotatable bonds is 2. The van der Waals surface area contributed by atoms with Gasteiger partial charge in [-0.05, 0) is 53.4 Å². The molecule has 1 fully saturated rings. The zero-order valence-corrected chi connectivity index (χ0v) is 13.5. The lowest BCUT2D eigenvalue weighted by atomic mass is 9.76. The van der Waals surface area contributed by atoms with E-state index in [0.29, 0.717) is 12.0 Å². The van der Waals surface area contributed by atoms with Crippen molar-refractivity contribution in [2.45, 2.75) is 51.0 Å². The van der Waals surface area contributed by atoms with Crippen LogP contribution in [0.1, 0.15) is 67.7 Å². The van der Waals surface area contributed by atoms with Gasteiger partial charge in [0.15, 0.2) is 0 Å². The van der Waals surface area contributed by atoms with Crippen LogP contribution in [-0.2, 0) is 0 Å². The first-order chi connectivity index (χ1) is 10.7. The van der Waals surface area contributed by atoms with Crippen molar-refractivity contribution in [2.75, 3.05) is 5.32 Å². The molecule has 2 aromatic rings. The van der Waals surface area contributed by atoms with E-state index in [4.69, 9.17) is 0 Å². The lowest BCUT2D eigenvalue weighted by molar-refractivity contribution is 0.406. The molecule has 1 aliphatic carbocycles. The normalized spacial score (nSPS) is 26.4. The van der Waals surface area contributed by atoms with E-state index < -0.39 is 0 Å². The van der Waals surface area contributed by atoms with Gasteiger partial charge in [0, 0.05) is 5.69 Å². The van der Waals surface area contributed by atoms with E-state index in [-0.39, 0.29) is 0 Å². The van der Waals surface area contributed by atoms with Crippen LogP contribution in [0.25, 0.3) is 0 Å². The minimum atomic E-state index is 0.478. The molecule has 0 bridgehead atoms. The third-order valence-electron chi connectivity index (χ3n) is 5.61. The first kappa shape index (κ1) is 13.9. The summed E-state index contributed by atoms with van der Waals surface area (Å²) in [5.74, 6) is 2.09. The van der Waals surface area contributed by atoms with Crippen molar-refractivity contribution in [3.63, 3.8) is 0 Å². The summed E-state index contributed by atoms with van der Waals surface area (Å²) in [5.41, 5.74) is 5.85. The van der Waals surface area contributed by atoms with Crippen LogP contribution in [0.5, 0.6) is 0 Å². The molecule has 1 nitrogen and oxygen atoms in total. The predicted octanol–water partition coefficient (Wildman–Crippen LogP) is 5.86. The van der Waals surface area contributed by atoms with E-state index in [2.05, 4.69) is 67.7 Å². The molecule has 1 aliphatic heterocycles. The van der Waals surface area contributed by atoms with E-state index in [1.165, 1.54) is 36.1 Å². The highest BCUT2D eigenvalue weighted by atomic mass is 15.0. The summed E-state index contributed by atoms with van der Waals surface area (Å²) in [4.78, 5) is 0. The van der Waals surface area contributed by atoms with Crippen LogP contribution in [0.15, 0.2) is 48.5 Å². The minimum Gasteiger partial charge on any atom is -0.378 e. The Labute approximate surface area is 133 Å². The van der Waals surface area contributed by atoms with Crippen LogP contribution in [0.3, 0.4) is 0 Å². The van der Waals surface area contributed by atoms with E-state index in [9.17, 15) is 0 Å². The molecular weight excluding hydrogens is 266 g/mol. The van der Waals surface area contributed by atoms with Crippen molar-refractivity contribution in [3.8, 4) is 0 Å². The lowest BCUT2D eigenvalue weighted by Gasteiger charge is -2.38. The lowest BCUT2D eigenvalue weighted by Crippen LogP contribution is -2.28. The molecule has 1 N–H and O–H groups in total. The molecule has 1 saturated carbocycles. The fourth-order valence-electron chi connectivity index (χ4n) is 4.42. The second kappa shape index (κ2) is 5.46. The molecule has 0 aromatic heterocycles. The van der Waals surface area contributed by atoms with Crippen molar-refractivity contribution in [1.29, 1.82) is 0 Å². The monoisotopic (exact) mass is 291 g/mol. The van der Waals surface area contributed by atoms with E-state index in [0.717, 1.165) is 11.8 Å². The van der Waals surface area contributed by atoms with Gasteiger partial charge in [-0.15, -0.1) is 0 Å². The van der Waals surface area contributed by atoms with Crippen molar-refractivity contribution in [3.05, 3.63) is 65.2 Å². The molecule has 3 atom stereocenters. The first-order valence-corrected chi connectivity index (χ1v) is 8.69. The topological polar surface area (TPSA) is 12.0 Å². The number of benzene rings is 2. The standard InChI is InChI=1S/C21H25N/c1-14(2)16-11-12-20-19(13-16)17-9-6-10-18(17)21(22-20)15-7-4-3-5-8-15/h3-5,7-8,11-14,17-18,21-22H,6,9-10H2,1-2H3/t17-,18+,21+/m0/s1. The summed E-state index contributed by atoms with van der Waals surface area (Å²) in [7, 11) is 0. The Morgan fingerprint density at radius 2 is 1.82 bits per heavy atom. The Hall–Kier alpha value is -1.76.